The summed E-state index contributed by atoms with van der Waals surface area (Å²) < 4.78 is 5.30. The van der Waals surface area contributed by atoms with Crippen molar-refractivity contribution in [3.8, 4) is 17.0 Å². The molecule has 0 saturated heterocycles. The predicted octanol–water partition coefficient (Wildman–Crippen LogP) is 3.06. The number of benzene rings is 1. The van der Waals surface area contributed by atoms with E-state index < -0.39 is 5.91 Å². The van der Waals surface area contributed by atoms with Crippen LogP contribution in [0.3, 0.4) is 0 Å². The van der Waals surface area contributed by atoms with Gasteiger partial charge in [-0.2, -0.15) is 0 Å². The van der Waals surface area contributed by atoms with Crippen LogP contribution in [0, 0.1) is 0 Å². The normalized spacial score (nSPS) is 10.3. The maximum Gasteiger partial charge on any atom is 0.248 e. The molecule has 3 aromatic rings. The van der Waals surface area contributed by atoms with Crippen LogP contribution in [-0.2, 0) is 0 Å². The van der Waals surface area contributed by atoms with Gasteiger partial charge in [-0.25, -0.2) is 4.98 Å². The van der Waals surface area contributed by atoms with Gasteiger partial charge < -0.3 is 15.8 Å². The van der Waals surface area contributed by atoms with Crippen molar-refractivity contribution < 1.29 is 9.53 Å². The summed E-state index contributed by atoms with van der Waals surface area (Å²) in [6.45, 7) is 0. The first kappa shape index (κ1) is 15.0. The third-order valence-electron chi connectivity index (χ3n) is 3.19. The van der Waals surface area contributed by atoms with Crippen molar-refractivity contribution >= 4 is 28.1 Å². The van der Waals surface area contributed by atoms with Crippen molar-refractivity contribution in [3.63, 3.8) is 0 Å². The molecule has 0 spiro atoms. The third-order valence-corrected chi connectivity index (χ3v) is 3.95. The lowest BCUT2D eigenvalue weighted by atomic mass is 10.2. The molecule has 3 N–H and O–H groups in total. The highest BCUT2D eigenvalue weighted by atomic mass is 32.1. The molecule has 0 atom stereocenters. The highest BCUT2D eigenvalue weighted by Crippen LogP contribution is 2.31. The number of nitrogens with zero attached hydrogens (tertiary/aromatic N) is 2. The van der Waals surface area contributed by atoms with E-state index in [0.29, 0.717) is 22.1 Å². The van der Waals surface area contributed by atoms with Crippen LogP contribution in [0.25, 0.3) is 11.3 Å². The second-order valence-corrected chi connectivity index (χ2v) is 5.54. The minimum absolute atomic E-state index is 0.391. The summed E-state index contributed by atoms with van der Waals surface area (Å²) in [6, 6.07) is 8.80. The number of hydrogen-bond donors (Lipinski definition) is 2. The van der Waals surface area contributed by atoms with Crippen LogP contribution in [0.5, 0.6) is 5.75 Å². The van der Waals surface area contributed by atoms with E-state index in [9.17, 15) is 4.79 Å². The van der Waals surface area contributed by atoms with E-state index in [2.05, 4.69) is 15.3 Å². The molecule has 0 fully saturated rings. The van der Waals surface area contributed by atoms with E-state index >= 15 is 0 Å². The molecular weight excluding hydrogens is 312 g/mol. The highest BCUT2D eigenvalue weighted by molar-refractivity contribution is 7.14. The van der Waals surface area contributed by atoms with Gasteiger partial charge in [0.25, 0.3) is 0 Å². The van der Waals surface area contributed by atoms with Crippen LogP contribution in [0.4, 0.5) is 10.8 Å². The number of nitrogens with two attached hydrogens (primary N) is 1. The summed E-state index contributed by atoms with van der Waals surface area (Å²) >= 11 is 1.47. The Kier molecular flexibility index (Phi) is 4.20. The van der Waals surface area contributed by atoms with Crippen LogP contribution >= 0.6 is 11.3 Å². The number of hydrogen-bond acceptors (Lipinski definition) is 6. The van der Waals surface area contributed by atoms with Gasteiger partial charge in [-0.1, -0.05) is 0 Å². The van der Waals surface area contributed by atoms with Gasteiger partial charge in [-0.15, -0.1) is 11.3 Å². The van der Waals surface area contributed by atoms with Crippen LogP contribution < -0.4 is 15.8 Å². The fourth-order valence-corrected chi connectivity index (χ4v) is 2.77. The number of rotatable bonds is 5. The number of anilines is 2. The van der Waals surface area contributed by atoms with E-state index in [1.165, 1.54) is 18.4 Å². The number of methoxy groups -OCH3 is 1. The Morgan fingerprint density at radius 2 is 2.22 bits per heavy atom. The first-order chi connectivity index (χ1) is 11.2. The molecule has 0 saturated carbocycles. The summed E-state index contributed by atoms with van der Waals surface area (Å²) in [5.74, 6) is 0.0300. The van der Waals surface area contributed by atoms with Gasteiger partial charge in [0.1, 0.15) is 5.75 Å². The van der Waals surface area contributed by atoms with Gasteiger partial charge in [0.15, 0.2) is 5.13 Å². The topological polar surface area (TPSA) is 90.1 Å². The van der Waals surface area contributed by atoms with Crippen molar-refractivity contribution in [1.82, 2.24) is 9.97 Å². The second-order valence-electron chi connectivity index (χ2n) is 4.68. The number of nitrogens with one attached hydrogen (secondary N) is 1. The van der Waals surface area contributed by atoms with E-state index in [0.717, 1.165) is 11.3 Å². The number of amides is 1. The monoisotopic (exact) mass is 326 g/mol. The Hall–Kier alpha value is -2.93. The maximum atomic E-state index is 11.2. The zero-order valence-corrected chi connectivity index (χ0v) is 13.1. The molecule has 0 radical (unpaired) electrons. The number of pyridine rings is 1. The summed E-state index contributed by atoms with van der Waals surface area (Å²) in [7, 11) is 1.54. The Labute approximate surface area is 137 Å². The molecular formula is C16H14N4O2S. The lowest BCUT2D eigenvalue weighted by molar-refractivity contribution is 0.1000. The fourth-order valence-electron chi connectivity index (χ4n) is 2.04. The molecule has 1 aromatic carbocycles. The van der Waals surface area contributed by atoms with Crippen LogP contribution in [0.1, 0.15) is 10.4 Å². The average molecular weight is 326 g/mol. The summed E-state index contributed by atoms with van der Waals surface area (Å²) in [4.78, 5) is 19.8. The molecule has 3 rings (SSSR count). The van der Waals surface area contributed by atoms with E-state index in [4.69, 9.17) is 10.5 Å². The summed E-state index contributed by atoms with van der Waals surface area (Å²) in [5.41, 5.74) is 8.18. The lowest BCUT2D eigenvalue weighted by Crippen LogP contribution is -2.11. The number of ether oxygens (including phenoxy) is 1. The van der Waals surface area contributed by atoms with Crippen molar-refractivity contribution in [2.24, 2.45) is 5.73 Å². The van der Waals surface area contributed by atoms with Crippen LogP contribution in [0.2, 0.25) is 0 Å². The number of aromatic nitrogens is 2. The van der Waals surface area contributed by atoms with Crippen molar-refractivity contribution in [3.05, 3.63) is 53.7 Å². The fraction of sp³-hybridized carbons (Fsp3) is 0.0625. The standard InChI is InChI=1S/C16H14N4O2S/c1-22-14-7-10(15(17)21)4-5-12(14)19-16-20-13(9-23-16)11-3-2-6-18-8-11/h2-9H,1H3,(H2,17,21)(H,19,20). The number of carbonyl (C=O) groups is 1. The molecule has 0 aliphatic rings. The van der Waals surface area contributed by atoms with Gasteiger partial charge >= 0.3 is 0 Å². The van der Waals surface area contributed by atoms with Gasteiger partial charge in [-0.3, -0.25) is 9.78 Å². The van der Waals surface area contributed by atoms with E-state index in [1.807, 2.05) is 17.5 Å². The molecule has 116 valence electrons. The van der Waals surface area contributed by atoms with Crippen molar-refractivity contribution in [2.45, 2.75) is 0 Å². The number of carbonyl (C=O) groups excluding carboxylic acids is 1. The first-order valence-corrected chi connectivity index (χ1v) is 7.66. The Morgan fingerprint density at radius 1 is 1.35 bits per heavy atom. The Morgan fingerprint density at radius 3 is 2.91 bits per heavy atom. The summed E-state index contributed by atoms with van der Waals surface area (Å²) in [5, 5.41) is 5.85. The second kappa shape index (κ2) is 6.45. The molecule has 0 bridgehead atoms. The smallest absolute Gasteiger partial charge is 0.248 e. The van der Waals surface area contributed by atoms with Gasteiger partial charge in [0.05, 0.1) is 18.5 Å². The maximum absolute atomic E-state index is 11.2. The van der Waals surface area contributed by atoms with Gasteiger partial charge in [0, 0.05) is 28.9 Å². The average Bonchev–Trinajstić information content (AvgIpc) is 3.04. The molecule has 6 nitrogen and oxygen atoms in total. The molecule has 2 aromatic heterocycles. The predicted molar refractivity (Wildman–Crippen MR) is 90.1 cm³/mol. The first-order valence-electron chi connectivity index (χ1n) is 6.78. The number of thiazole rings is 1. The number of primary amides is 1. The molecule has 7 heteroatoms. The molecule has 1 amide bonds. The van der Waals surface area contributed by atoms with Gasteiger partial charge in [-0.05, 0) is 30.3 Å². The largest absolute Gasteiger partial charge is 0.495 e. The van der Waals surface area contributed by atoms with Crippen molar-refractivity contribution in [2.75, 3.05) is 12.4 Å². The van der Waals surface area contributed by atoms with Crippen LogP contribution in [-0.4, -0.2) is 23.0 Å². The lowest BCUT2D eigenvalue weighted by Gasteiger charge is -2.10. The molecule has 2 heterocycles. The quantitative estimate of drug-likeness (QED) is 0.752. The van der Waals surface area contributed by atoms with Crippen molar-refractivity contribution in [1.29, 1.82) is 0 Å². The minimum Gasteiger partial charge on any atom is -0.495 e. The van der Waals surface area contributed by atoms with Gasteiger partial charge in [0.2, 0.25) is 5.91 Å². The highest BCUT2D eigenvalue weighted by Gasteiger charge is 2.10. The van der Waals surface area contributed by atoms with E-state index in [-0.39, 0.29) is 0 Å². The van der Waals surface area contributed by atoms with E-state index in [1.54, 1.807) is 30.6 Å². The Balaban J connectivity index is 1.85. The SMILES string of the molecule is COc1cc(C(N)=O)ccc1Nc1nc(-c2cccnc2)cs1. The summed E-state index contributed by atoms with van der Waals surface area (Å²) in [6.07, 6.45) is 3.49. The molecule has 0 aliphatic carbocycles. The third kappa shape index (κ3) is 3.29. The molecule has 0 aliphatic heterocycles. The minimum atomic E-state index is -0.497. The molecule has 0 unspecified atom stereocenters. The zero-order chi connectivity index (χ0) is 16.2. The Bertz CT molecular complexity index is 833. The zero-order valence-electron chi connectivity index (χ0n) is 12.3. The van der Waals surface area contributed by atoms with Crippen LogP contribution in [0.15, 0.2) is 48.1 Å². The molecule has 23 heavy (non-hydrogen) atoms.